The Balaban J connectivity index is 2.20. The molecule has 0 saturated heterocycles. The van der Waals surface area contributed by atoms with Crippen LogP contribution >= 0.6 is 11.3 Å². The molecule has 0 bridgehead atoms. The van der Waals surface area contributed by atoms with Gasteiger partial charge in [0, 0.05) is 20.0 Å². The van der Waals surface area contributed by atoms with E-state index in [-0.39, 0.29) is 17.2 Å². The normalized spacial score (nSPS) is 19.3. The zero-order valence-corrected chi connectivity index (χ0v) is 14.4. The number of carbonyl (C=O) groups excluding carboxylic acids is 2. The molecule has 2 unspecified atom stereocenters. The molecule has 1 amide bonds. The van der Waals surface area contributed by atoms with Gasteiger partial charge in [0.25, 0.3) is 5.91 Å². The first-order chi connectivity index (χ1) is 11.0. The molecule has 2 atom stereocenters. The van der Waals surface area contributed by atoms with Crippen molar-refractivity contribution in [3.63, 3.8) is 0 Å². The topological polar surface area (TPSA) is 71.5 Å². The number of ether oxygens (including phenoxy) is 1. The number of unbranched alkanes of at least 4 members (excludes halogenated alkanes) is 1. The van der Waals surface area contributed by atoms with Crippen molar-refractivity contribution >= 4 is 28.3 Å². The van der Waals surface area contributed by atoms with Crippen LogP contribution in [0.2, 0.25) is 0 Å². The maximum Gasteiger partial charge on any atom is 0.350 e. The monoisotopic (exact) mass is 343 g/mol. The van der Waals surface area contributed by atoms with Crippen molar-refractivity contribution in [2.45, 2.75) is 45.3 Å². The lowest BCUT2D eigenvalue weighted by atomic mass is 10.3. The summed E-state index contributed by atoms with van der Waals surface area (Å²) in [5.74, 6) is -1.09. The van der Waals surface area contributed by atoms with E-state index in [0.29, 0.717) is 11.6 Å². The molecule has 1 aromatic heterocycles. The summed E-state index contributed by atoms with van der Waals surface area (Å²) in [7, 11) is 1.86. The molecule has 8 heteroatoms. The summed E-state index contributed by atoms with van der Waals surface area (Å²) < 4.78 is 18.0. The van der Waals surface area contributed by atoms with Crippen molar-refractivity contribution in [1.82, 2.24) is 10.3 Å². The van der Waals surface area contributed by atoms with Crippen molar-refractivity contribution in [3.05, 3.63) is 10.6 Å². The van der Waals surface area contributed by atoms with E-state index in [0.717, 1.165) is 30.7 Å². The summed E-state index contributed by atoms with van der Waals surface area (Å²) in [5.41, 5.74) is 0.0194. The van der Waals surface area contributed by atoms with E-state index in [4.69, 9.17) is 4.74 Å². The largest absolute Gasteiger partial charge is 0.462 e. The summed E-state index contributed by atoms with van der Waals surface area (Å²) in [6.07, 6.45) is 1.33. The van der Waals surface area contributed by atoms with Gasteiger partial charge in [-0.05, 0) is 13.3 Å². The van der Waals surface area contributed by atoms with Gasteiger partial charge in [-0.3, -0.25) is 4.79 Å². The van der Waals surface area contributed by atoms with Gasteiger partial charge < -0.3 is 15.0 Å². The van der Waals surface area contributed by atoms with Crippen LogP contribution in [0.5, 0.6) is 0 Å². The number of nitrogens with one attached hydrogen (secondary N) is 1. The van der Waals surface area contributed by atoms with E-state index in [1.807, 2.05) is 11.9 Å². The molecule has 1 N–H and O–H groups in total. The summed E-state index contributed by atoms with van der Waals surface area (Å²) >= 11 is 1.13. The Bertz CT molecular complexity index is 578. The van der Waals surface area contributed by atoms with Crippen LogP contribution < -0.4 is 10.2 Å². The second-order valence-electron chi connectivity index (χ2n) is 5.50. The van der Waals surface area contributed by atoms with Gasteiger partial charge in [-0.15, -0.1) is 0 Å². The molecule has 1 heterocycles. The molecule has 2 rings (SSSR count). The molecule has 1 aliphatic rings. The van der Waals surface area contributed by atoms with Gasteiger partial charge in [0.05, 0.1) is 12.6 Å². The van der Waals surface area contributed by atoms with Crippen LogP contribution in [-0.2, 0) is 4.74 Å². The predicted octanol–water partition coefficient (Wildman–Crippen LogP) is 2.40. The van der Waals surface area contributed by atoms with Crippen LogP contribution in [-0.4, -0.2) is 49.3 Å². The first-order valence-corrected chi connectivity index (χ1v) is 8.63. The molecule has 0 spiro atoms. The zero-order chi connectivity index (χ0) is 17.0. The third-order valence-electron chi connectivity index (χ3n) is 3.49. The highest BCUT2D eigenvalue weighted by molar-refractivity contribution is 7.17. The Morgan fingerprint density at radius 1 is 1.48 bits per heavy atom. The molecule has 1 aliphatic carbocycles. The first kappa shape index (κ1) is 17.7. The highest BCUT2D eigenvalue weighted by Gasteiger charge is 2.40. The second kappa shape index (κ2) is 7.72. The minimum absolute atomic E-state index is 0.0194. The molecule has 23 heavy (non-hydrogen) atoms. The summed E-state index contributed by atoms with van der Waals surface area (Å²) in [5, 5.41) is 3.14. The smallest absolute Gasteiger partial charge is 0.350 e. The lowest BCUT2D eigenvalue weighted by Crippen LogP contribution is -2.29. The molecule has 128 valence electrons. The molecule has 0 aliphatic heterocycles. The second-order valence-corrected chi connectivity index (χ2v) is 6.48. The molecular formula is C15H22FN3O3S. The SMILES string of the molecule is CCCCN(C)c1nc(C(=O)NC2CC2F)c(C(=O)OCC)s1. The minimum atomic E-state index is -1.00. The first-order valence-electron chi connectivity index (χ1n) is 7.81. The number of amides is 1. The molecule has 1 fully saturated rings. The Hall–Kier alpha value is -1.70. The maximum atomic E-state index is 13.0. The molecule has 1 aromatic rings. The highest BCUT2D eigenvalue weighted by atomic mass is 32.1. The van der Waals surface area contributed by atoms with Crippen LogP contribution in [0, 0.1) is 0 Å². The fourth-order valence-corrected chi connectivity index (χ4v) is 2.95. The Morgan fingerprint density at radius 2 is 2.17 bits per heavy atom. The van der Waals surface area contributed by atoms with E-state index in [2.05, 4.69) is 17.2 Å². The van der Waals surface area contributed by atoms with Crippen molar-refractivity contribution in [1.29, 1.82) is 0 Å². The van der Waals surface area contributed by atoms with Gasteiger partial charge >= 0.3 is 5.97 Å². The third-order valence-corrected chi connectivity index (χ3v) is 4.64. The summed E-state index contributed by atoms with van der Waals surface area (Å²) in [6, 6.07) is -0.472. The Labute approximate surface area is 139 Å². The highest BCUT2D eigenvalue weighted by Crippen LogP contribution is 2.29. The lowest BCUT2D eigenvalue weighted by Gasteiger charge is -2.14. The van der Waals surface area contributed by atoms with Crippen LogP contribution in [0.25, 0.3) is 0 Å². The number of hydrogen-bond acceptors (Lipinski definition) is 6. The van der Waals surface area contributed by atoms with Gasteiger partial charge in [-0.25, -0.2) is 14.2 Å². The van der Waals surface area contributed by atoms with Crippen molar-refractivity contribution < 1.29 is 18.7 Å². The number of rotatable bonds is 8. The number of anilines is 1. The number of aromatic nitrogens is 1. The number of thiazole rings is 1. The fourth-order valence-electron chi connectivity index (χ4n) is 2.00. The van der Waals surface area contributed by atoms with Crippen LogP contribution in [0.15, 0.2) is 0 Å². The van der Waals surface area contributed by atoms with Crippen LogP contribution in [0.4, 0.5) is 9.52 Å². The average molecular weight is 343 g/mol. The van der Waals surface area contributed by atoms with Crippen molar-refractivity contribution in [2.75, 3.05) is 25.1 Å². The quantitative estimate of drug-likeness (QED) is 0.734. The Kier molecular flexibility index (Phi) is 5.92. The van der Waals surface area contributed by atoms with E-state index in [9.17, 15) is 14.0 Å². The molecular weight excluding hydrogens is 321 g/mol. The van der Waals surface area contributed by atoms with Gasteiger partial charge in [-0.2, -0.15) is 0 Å². The predicted molar refractivity (Wildman–Crippen MR) is 87.0 cm³/mol. The zero-order valence-electron chi connectivity index (χ0n) is 13.6. The number of esters is 1. The summed E-state index contributed by atoms with van der Waals surface area (Å²) in [4.78, 5) is 30.7. The van der Waals surface area contributed by atoms with Crippen molar-refractivity contribution in [2.24, 2.45) is 0 Å². The van der Waals surface area contributed by atoms with Gasteiger partial charge in [-0.1, -0.05) is 24.7 Å². The van der Waals surface area contributed by atoms with Gasteiger partial charge in [0.15, 0.2) is 10.8 Å². The van der Waals surface area contributed by atoms with Gasteiger partial charge in [0.2, 0.25) is 0 Å². The molecule has 0 radical (unpaired) electrons. The van der Waals surface area contributed by atoms with E-state index < -0.39 is 24.1 Å². The minimum Gasteiger partial charge on any atom is -0.462 e. The molecule has 1 saturated carbocycles. The number of hydrogen-bond donors (Lipinski definition) is 1. The number of carbonyl (C=O) groups is 2. The average Bonchev–Trinajstić information content (AvgIpc) is 3.04. The molecule has 0 aromatic carbocycles. The van der Waals surface area contributed by atoms with Crippen LogP contribution in [0.1, 0.15) is 53.3 Å². The van der Waals surface area contributed by atoms with E-state index >= 15 is 0 Å². The van der Waals surface area contributed by atoms with E-state index in [1.165, 1.54) is 0 Å². The summed E-state index contributed by atoms with van der Waals surface area (Å²) in [6.45, 7) is 4.78. The van der Waals surface area contributed by atoms with E-state index in [1.54, 1.807) is 6.92 Å². The fraction of sp³-hybridized carbons (Fsp3) is 0.667. The van der Waals surface area contributed by atoms with Crippen LogP contribution in [0.3, 0.4) is 0 Å². The Morgan fingerprint density at radius 3 is 2.74 bits per heavy atom. The number of nitrogens with zero attached hydrogens (tertiary/aromatic N) is 2. The van der Waals surface area contributed by atoms with Crippen molar-refractivity contribution in [3.8, 4) is 0 Å². The lowest BCUT2D eigenvalue weighted by molar-refractivity contribution is 0.0528. The van der Waals surface area contributed by atoms with Gasteiger partial charge in [0.1, 0.15) is 11.0 Å². The number of halogens is 1. The molecule has 6 nitrogen and oxygen atoms in total. The maximum absolute atomic E-state index is 13.0. The standard InChI is InChI=1S/C15H22FN3O3S/c1-4-6-7-19(3)15-18-11(12(23-15)14(21)22-5-2)13(20)17-10-8-9(10)16/h9-10H,4-8H2,1-3H3,(H,17,20). The third kappa shape index (κ3) is 4.40. The number of alkyl halides is 1.